The summed E-state index contributed by atoms with van der Waals surface area (Å²) in [6.45, 7) is 7.26. The third-order valence-corrected chi connectivity index (χ3v) is 11.5. The zero-order valence-corrected chi connectivity index (χ0v) is 33.2. The summed E-state index contributed by atoms with van der Waals surface area (Å²) in [6.07, 6.45) is 14.8. The summed E-state index contributed by atoms with van der Waals surface area (Å²) in [5, 5.41) is 2.46. The van der Waals surface area contributed by atoms with E-state index < -0.39 is 0 Å². The van der Waals surface area contributed by atoms with Crippen LogP contribution in [0.5, 0.6) is 11.5 Å². The number of thioether (sulfide) groups is 1. The largest absolute Gasteiger partial charge is 0.494 e. The lowest BCUT2D eigenvalue weighted by molar-refractivity contribution is -0.111. The number of unbranched alkanes of at least 4 members (excludes halogenated alkanes) is 9. The summed E-state index contributed by atoms with van der Waals surface area (Å²) in [5.41, 5.74) is 2.61. The minimum atomic E-state index is -0.388. The van der Waals surface area contributed by atoms with E-state index in [2.05, 4.69) is 63.2 Å². The molecule has 6 heteroatoms. The van der Waals surface area contributed by atoms with Gasteiger partial charge in [-0.2, -0.15) is 0 Å². The minimum absolute atomic E-state index is 0.218. The van der Waals surface area contributed by atoms with Gasteiger partial charge in [-0.25, -0.2) is 4.79 Å². The highest BCUT2D eigenvalue weighted by molar-refractivity contribution is 8.13. The van der Waals surface area contributed by atoms with Gasteiger partial charge in [0.15, 0.2) is 5.12 Å². The summed E-state index contributed by atoms with van der Waals surface area (Å²) >= 11 is 2.99. The van der Waals surface area contributed by atoms with Crippen LogP contribution in [0.4, 0.5) is 0 Å². The molecule has 0 aliphatic carbocycles. The van der Waals surface area contributed by atoms with E-state index in [1.165, 1.54) is 69.5 Å². The second-order valence-electron chi connectivity index (χ2n) is 14.0. The maximum atomic E-state index is 12.9. The van der Waals surface area contributed by atoms with Crippen LogP contribution in [0, 0.1) is 5.92 Å². The average Bonchev–Trinajstić information content (AvgIpc) is 3.18. The lowest BCUT2D eigenvalue weighted by Crippen LogP contribution is -2.08. The topological polar surface area (TPSA) is 52.6 Å². The Balaban J connectivity index is 1.04. The van der Waals surface area contributed by atoms with E-state index in [0.29, 0.717) is 23.7 Å². The number of hydrogen-bond acceptors (Lipinski definition) is 6. The van der Waals surface area contributed by atoms with Crippen molar-refractivity contribution in [1.82, 2.24) is 0 Å². The second-order valence-corrected chi connectivity index (χ2v) is 16.2. The number of esters is 1. The fraction of sp³-hybridized carbons (Fsp3) is 0.362. The first-order valence-corrected chi connectivity index (χ1v) is 21.1. The predicted molar refractivity (Wildman–Crippen MR) is 224 cm³/mol. The van der Waals surface area contributed by atoms with E-state index >= 15 is 0 Å². The molecule has 0 heterocycles. The van der Waals surface area contributed by atoms with Crippen LogP contribution in [0.25, 0.3) is 21.9 Å². The molecule has 0 N–H and O–H groups in total. The van der Waals surface area contributed by atoms with Gasteiger partial charge in [-0.1, -0.05) is 145 Å². The highest BCUT2D eigenvalue weighted by Gasteiger charge is 2.12. The first-order valence-electron chi connectivity index (χ1n) is 19.5. The standard InChI is InChI=1S/C47H54O4S2/c1-4-6-7-8-9-10-11-12-13-14-31-50-41-23-19-37(20-24-41)36-15-17-38(18-16-36)47(49)51-42-25-29-43(30-26-42)52-44-27-21-40-34-45(28-22-39(40)33-44)53-46(48)32-35(3)5-2/h15-30,33-35H,4-14,31-32H2,1-3H3. The van der Waals surface area contributed by atoms with Gasteiger partial charge in [0.1, 0.15) is 11.5 Å². The molecule has 5 aromatic carbocycles. The molecule has 278 valence electrons. The number of benzene rings is 5. The van der Waals surface area contributed by atoms with E-state index in [4.69, 9.17) is 9.47 Å². The average molecular weight is 747 g/mol. The van der Waals surface area contributed by atoms with Gasteiger partial charge >= 0.3 is 5.97 Å². The van der Waals surface area contributed by atoms with E-state index in [-0.39, 0.29) is 11.1 Å². The Kier molecular flexibility index (Phi) is 16.4. The molecule has 0 saturated carbocycles. The number of rotatable bonds is 21. The van der Waals surface area contributed by atoms with E-state index in [0.717, 1.165) is 61.8 Å². The molecule has 0 amide bonds. The lowest BCUT2D eigenvalue weighted by Gasteiger charge is -2.09. The smallest absolute Gasteiger partial charge is 0.343 e. The SMILES string of the molecule is CCCCCCCCCCCCOc1ccc(-c2ccc(C(=O)Oc3ccc(Sc4ccc5cc(SC(=O)CC(C)CC)ccc5c4)cc3)cc2)cc1. The summed E-state index contributed by atoms with van der Waals surface area (Å²) < 4.78 is 11.7. The third kappa shape index (κ3) is 13.4. The van der Waals surface area contributed by atoms with Crippen molar-refractivity contribution in [2.45, 2.75) is 113 Å². The first-order chi connectivity index (χ1) is 25.9. The van der Waals surface area contributed by atoms with Crippen molar-refractivity contribution in [3.63, 3.8) is 0 Å². The highest BCUT2D eigenvalue weighted by Crippen LogP contribution is 2.33. The normalized spacial score (nSPS) is 11.8. The fourth-order valence-corrected chi connectivity index (χ4v) is 7.95. The van der Waals surface area contributed by atoms with Crippen molar-refractivity contribution in [2.75, 3.05) is 6.61 Å². The summed E-state index contributed by atoms with van der Waals surface area (Å²) in [5.74, 6) is 1.42. The predicted octanol–water partition coefficient (Wildman–Crippen LogP) is 14.2. The van der Waals surface area contributed by atoms with Crippen molar-refractivity contribution in [2.24, 2.45) is 5.92 Å². The maximum absolute atomic E-state index is 12.9. The number of hydrogen-bond donors (Lipinski definition) is 0. The van der Waals surface area contributed by atoms with E-state index in [9.17, 15) is 9.59 Å². The number of carbonyl (C=O) groups excluding carboxylic acids is 2. The molecule has 53 heavy (non-hydrogen) atoms. The van der Waals surface area contributed by atoms with E-state index in [1.807, 2.05) is 66.7 Å². The van der Waals surface area contributed by atoms with Crippen LogP contribution in [0.15, 0.2) is 124 Å². The van der Waals surface area contributed by atoms with Crippen LogP contribution < -0.4 is 9.47 Å². The molecule has 0 aliphatic heterocycles. The van der Waals surface area contributed by atoms with Gasteiger partial charge in [0.05, 0.1) is 12.2 Å². The zero-order valence-electron chi connectivity index (χ0n) is 31.6. The van der Waals surface area contributed by atoms with Gasteiger partial charge in [-0.3, -0.25) is 4.79 Å². The maximum Gasteiger partial charge on any atom is 0.343 e. The molecule has 0 radical (unpaired) electrons. The molecular formula is C47H54O4S2. The molecule has 0 aliphatic rings. The minimum Gasteiger partial charge on any atom is -0.494 e. The number of fused-ring (bicyclic) bond motifs is 1. The first kappa shape index (κ1) is 40.2. The molecular weight excluding hydrogens is 693 g/mol. The lowest BCUT2D eigenvalue weighted by atomic mass is 10.0. The summed E-state index contributed by atoms with van der Waals surface area (Å²) in [7, 11) is 0. The molecule has 5 rings (SSSR count). The van der Waals surface area contributed by atoms with Crippen molar-refractivity contribution in [3.05, 3.63) is 115 Å². The summed E-state index contributed by atoms with van der Waals surface area (Å²) in [6, 6.07) is 35.8. The van der Waals surface area contributed by atoms with Gasteiger partial charge in [-0.15, -0.1) is 0 Å². The monoisotopic (exact) mass is 746 g/mol. The molecule has 4 nitrogen and oxygen atoms in total. The second kappa shape index (κ2) is 21.6. The molecule has 0 bridgehead atoms. The van der Waals surface area contributed by atoms with Crippen molar-refractivity contribution in [1.29, 1.82) is 0 Å². The van der Waals surface area contributed by atoms with Crippen LogP contribution in [0.3, 0.4) is 0 Å². The third-order valence-electron chi connectivity index (χ3n) is 9.57. The quantitative estimate of drug-likeness (QED) is 0.0322. The molecule has 5 aromatic rings. The van der Waals surface area contributed by atoms with Gasteiger partial charge in [-0.05, 0) is 107 Å². The molecule has 1 unspecified atom stereocenters. The fourth-order valence-electron chi connectivity index (χ4n) is 6.13. The Morgan fingerprint density at radius 1 is 0.585 bits per heavy atom. The Labute approximate surface area is 325 Å². The van der Waals surface area contributed by atoms with Crippen LogP contribution in [-0.2, 0) is 4.79 Å². The molecule has 0 fully saturated rings. The van der Waals surface area contributed by atoms with Crippen molar-refractivity contribution >= 4 is 45.4 Å². The Morgan fingerprint density at radius 3 is 1.74 bits per heavy atom. The highest BCUT2D eigenvalue weighted by atomic mass is 32.2. The van der Waals surface area contributed by atoms with Crippen LogP contribution in [0.1, 0.15) is 108 Å². The summed E-state index contributed by atoms with van der Waals surface area (Å²) in [4.78, 5) is 28.5. The van der Waals surface area contributed by atoms with Gasteiger partial charge < -0.3 is 9.47 Å². The zero-order chi connectivity index (χ0) is 37.3. The van der Waals surface area contributed by atoms with Gasteiger partial charge in [0.2, 0.25) is 0 Å². The van der Waals surface area contributed by atoms with Gasteiger partial charge in [0, 0.05) is 21.1 Å². The molecule has 1 atom stereocenters. The van der Waals surface area contributed by atoms with Crippen molar-refractivity contribution in [3.8, 4) is 22.6 Å². The van der Waals surface area contributed by atoms with Crippen LogP contribution in [0.2, 0.25) is 0 Å². The van der Waals surface area contributed by atoms with E-state index in [1.54, 1.807) is 11.8 Å². The van der Waals surface area contributed by atoms with Crippen LogP contribution in [-0.4, -0.2) is 17.7 Å². The Hall–Kier alpha value is -4.00. The molecule has 0 aromatic heterocycles. The van der Waals surface area contributed by atoms with Crippen molar-refractivity contribution < 1.29 is 19.1 Å². The molecule has 0 saturated heterocycles. The number of carbonyl (C=O) groups is 2. The Bertz CT molecular complexity index is 1870. The van der Waals surface area contributed by atoms with Gasteiger partial charge in [0.25, 0.3) is 0 Å². The Morgan fingerprint density at radius 2 is 1.11 bits per heavy atom. The number of ether oxygens (including phenoxy) is 2. The van der Waals surface area contributed by atoms with Crippen LogP contribution >= 0.6 is 23.5 Å². The molecule has 0 spiro atoms.